The molecule has 0 bridgehead atoms. The van der Waals surface area contributed by atoms with Crippen molar-refractivity contribution in [2.45, 2.75) is 26.8 Å². The minimum absolute atomic E-state index is 0.139. The zero-order chi connectivity index (χ0) is 22.7. The largest absolute Gasteiger partial charge is 0.457 e. The molecule has 1 amide bonds. The van der Waals surface area contributed by atoms with Crippen LogP contribution in [0.4, 0.5) is 10.2 Å². The van der Waals surface area contributed by atoms with Crippen LogP contribution in [0.15, 0.2) is 61.2 Å². The van der Waals surface area contributed by atoms with E-state index in [-0.39, 0.29) is 17.4 Å². The van der Waals surface area contributed by atoms with Crippen molar-refractivity contribution in [3.05, 3.63) is 78.1 Å². The number of rotatable bonds is 6. The highest BCUT2D eigenvalue weighted by atomic mass is 19.1. The molecule has 3 aromatic heterocycles. The van der Waals surface area contributed by atoms with Crippen LogP contribution in [-0.2, 0) is 0 Å². The van der Waals surface area contributed by atoms with E-state index in [4.69, 9.17) is 4.74 Å². The van der Waals surface area contributed by atoms with Crippen LogP contribution in [0, 0.1) is 12.7 Å². The summed E-state index contributed by atoms with van der Waals surface area (Å²) in [6.07, 6.45) is 4.79. The molecule has 0 radical (unpaired) electrons. The summed E-state index contributed by atoms with van der Waals surface area (Å²) in [5.41, 5.74) is 0.946. The van der Waals surface area contributed by atoms with E-state index in [2.05, 4.69) is 25.5 Å². The third-order valence-electron chi connectivity index (χ3n) is 4.74. The Labute approximate surface area is 184 Å². The van der Waals surface area contributed by atoms with Crippen LogP contribution < -0.4 is 10.1 Å². The standard InChI is InChI=1S/C23H21FN6O2/c1-14(2)30-13-26-29-22(30)19-5-4-6-21(27-19)28-23(31)17-12-20(15(3)11-18(17)24)32-16-7-9-25-10-8-16/h4-14H,1-3H3,(H,27,28,31). The van der Waals surface area contributed by atoms with Gasteiger partial charge in [0.05, 0.1) is 5.56 Å². The van der Waals surface area contributed by atoms with Gasteiger partial charge in [-0.2, -0.15) is 0 Å². The van der Waals surface area contributed by atoms with Gasteiger partial charge in [0.2, 0.25) is 0 Å². The van der Waals surface area contributed by atoms with Crippen molar-refractivity contribution in [1.82, 2.24) is 24.7 Å². The Morgan fingerprint density at radius 3 is 2.69 bits per heavy atom. The molecule has 0 saturated heterocycles. The van der Waals surface area contributed by atoms with Crippen molar-refractivity contribution in [3.8, 4) is 23.0 Å². The van der Waals surface area contributed by atoms with Crippen LogP contribution in [0.1, 0.15) is 35.8 Å². The first-order chi connectivity index (χ1) is 15.4. The van der Waals surface area contributed by atoms with Gasteiger partial charge in [-0.15, -0.1) is 10.2 Å². The summed E-state index contributed by atoms with van der Waals surface area (Å²) in [4.78, 5) is 21.2. The van der Waals surface area contributed by atoms with Gasteiger partial charge in [0.15, 0.2) is 5.82 Å². The molecule has 0 unspecified atom stereocenters. The number of benzene rings is 1. The number of nitrogens with zero attached hydrogens (tertiary/aromatic N) is 5. The smallest absolute Gasteiger partial charge is 0.259 e. The number of anilines is 1. The lowest BCUT2D eigenvalue weighted by atomic mass is 10.1. The molecule has 0 fully saturated rings. The Bertz CT molecular complexity index is 1260. The minimum atomic E-state index is -0.655. The van der Waals surface area contributed by atoms with Crippen molar-refractivity contribution in [3.63, 3.8) is 0 Å². The molecule has 1 N–H and O–H groups in total. The summed E-state index contributed by atoms with van der Waals surface area (Å²) >= 11 is 0. The average molecular weight is 432 g/mol. The number of nitrogens with one attached hydrogen (secondary N) is 1. The SMILES string of the molecule is Cc1cc(F)c(C(=O)Nc2cccc(-c3nncn3C(C)C)n2)cc1Oc1ccncc1. The Morgan fingerprint density at radius 1 is 1.16 bits per heavy atom. The first-order valence-corrected chi connectivity index (χ1v) is 9.98. The van der Waals surface area contributed by atoms with E-state index in [9.17, 15) is 9.18 Å². The molecule has 32 heavy (non-hydrogen) atoms. The molecule has 0 saturated carbocycles. The average Bonchev–Trinajstić information content (AvgIpc) is 3.27. The van der Waals surface area contributed by atoms with Crippen molar-refractivity contribution < 1.29 is 13.9 Å². The Kier molecular flexibility index (Phi) is 5.89. The molecule has 0 atom stereocenters. The number of hydrogen-bond acceptors (Lipinski definition) is 6. The number of amides is 1. The van der Waals surface area contributed by atoms with Gasteiger partial charge >= 0.3 is 0 Å². The first kappa shape index (κ1) is 21.1. The van der Waals surface area contributed by atoms with Crippen LogP contribution in [0.25, 0.3) is 11.5 Å². The maximum atomic E-state index is 14.6. The molecular formula is C23H21FN6O2. The molecule has 4 rings (SSSR count). The third kappa shape index (κ3) is 4.46. The highest BCUT2D eigenvalue weighted by molar-refractivity contribution is 6.04. The number of aromatic nitrogens is 5. The number of aryl methyl sites for hydroxylation is 1. The van der Waals surface area contributed by atoms with Crippen molar-refractivity contribution in [2.75, 3.05) is 5.32 Å². The second-order valence-electron chi connectivity index (χ2n) is 7.40. The lowest BCUT2D eigenvalue weighted by Gasteiger charge is -2.13. The van der Waals surface area contributed by atoms with Gasteiger partial charge in [0.1, 0.15) is 35.2 Å². The van der Waals surface area contributed by atoms with E-state index < -0.39 is 11.7 Å². The number of hydrogen-bond donors (Lipinski definition) is 1. The number of carbonyl (C=O) groups excluding carboxylic acids is 1. The summed E-state index contributed by atoms with van der Waals surface area (Å²) in [6.45, 7) is 5.71. The van der Waals surface area contributed by atoms with E-state index >= 15 is 0 Å². The molecule has 0 spiro atoms. The van der Waals surface area contributed by atoms with E-state index in [0.29, 0.717) is 28.6 Å². The number of carbonyl (C=O) groups is 1. The van der Waals surface area contributed by atoms with Gasteiger partial charge in [-0.3, -0.25) is 9.78 Å². The predicted octanol–water partition coefficient (Wildman–Crippen LogP) is 4.81. The summed E-state index contributed by atoms with van der Waals surface area (Å²) in [5, 5.41) is 10.7. The van der Waals surface area contributed by atoms with Crippen molar-refractivity contribution in [1.29, 1.82) is 0 Å². The van der Waals surface area contributed by atoms with Crippen molar-refractivity contribution >= 4 is 11.7 Å². The molecule has 4 aromatic rings. The fourth-order valence-electron chi connectivity index (χ4n) is 3.09. The molecule has 0 aliphatic carbocycles. The molecule has 8 nitrogen and oxygen atoms in total. The third-order valence-corrected chi connectivity index (χ3v) is 4.74. The highest BCUT2D eigenvalue weighted by Crippen LogP contribution is 2.28. The summed E-state index contributed by atoms with van der Waals surface area (Å²) in [7, 11) is 0. The fraction of sp³-hybridized carbons (Fsp3) is 0.174. The van der Waals surface area contributed by atoms with Crippen LogP contribution in [0.2, 0.25) is 0 Å². The summed E-state index contributed by atoms with van der Waals surface area (Å²) in [5.74, 6) is 0.446. The lowest BCUT2D eigenvalue weighted by molar-refractivity contribution is 0.102. The summed E-state index contributed by atoms with van der Waals surface area (Å²) in [6, 6.07) is 11.3. The van der Waals surface area contributed by atoms with Gasteiger partial charge in [0, 0.05) is 18.4 Å². The lowest BCUT2D eigenvalue weighted by Crippen LogP contribution is -2.15. The molecule has 0 aliphatic heterocycles. The number of ether oxygens (including phenoxy) is 1. The molecular weight excluding hydrogens is 411 g/mol. The van der Waals surface area contributed by atoms with E-state index in [1.54, 1.807) is 56.0 Å². The normalized spacial score (nSPS) is 10.9. The first-order valence-electron chi connectivity index (χ1n) is 9.98. The van der Waals surface area contributed by atoms with Gasteiger partial charge in [0.25, 0.3) is 5.91 Å². The fourth-order valence-corrected chi connectivity index (χ4v) is 3.09. The van der Waals surface area contributed by atoms with Gasteiger partial charge in [-0.25, -0.2) is 9.37 Å². The molecule has 9 heteroatoms. The van der Waals surface area contributed by atoms with Gasteiger partial charge in [-0.1, -0.05) is 6.07 Å². The minimum Gasteiger partial charge on any atom is -0.457 e. The number of halogens is 1. The van der Waals surface area contributed by atoms with E-state index in [1.807, 2.05) is 18.4 Å². The van der Waals surface area contributed by atoms with Crippen molar-refractivity contribution in [2.24, 2.45) is 0 Å². The zero-order valence-corrected chi connectivity index (χ0v) is 17.8. The van der Waals surface area contributed by atoms with Crippen LogP contribution in [0.5, 0.6) is 11.5 Å². The second kappa shape index (κ2) is 8.93. The highest BCUT2D eigenvalue weighted by Gasteiger charge is 2.18. The Hall–Kier alpha value is -4.14. The predicted molar refractivity (Wildman–Crippen MR) is 117 cm³/mol. The van der Waals surface area contributed by atoms with Crippen LogP contribution in [-0.4, -0.2) is 30.6 Å². The topological polar surface area (TPSA) is 94.8 Å². The molecule has 0 aliphatic rings. The summed E-state index contributed by atoms with van der Waals surface area (Å²) < 4.78 is 22.3. The monoisotopic (exact) mass is 432 g/mol. The van der Waals surface area contributed by atoms with Crippen LogP contribution in [0.3, 0.4) is 0 Å². The molecule has 3 heterocycles. The Balaban J connectivity index is 1.59. The van der Waals surface area contributed by atoms with Gasteiger partial charge < -0.3 is 14.6 Å². The maximum Gasteiger partial charge on any atom is 0.259 e. The number of pyridine rings is 2. The van der Waals surface area contributed by atoms with Gasteiger partial charge in [-0.05, 0) is 62.7 Å². The Morgan fingerprint density at radius 2 is 1.94 bits per heavy atom. The molecule has 162 valence electrons. The molecule has 1 aromatic carbocycles. The van der Waals surface area contributed by atoms with E-state index in [0.717, 1.165) is 0 Å². The van der Waals surface area contributed by atoms with E-state index in [1.165, 1.54) is 12.1 Å². The van der Waals surface area contributed by atoms with Crippen LogP contribution >= 0.6 is 0 Å². The second-order valence-corrected chi connectivity index (χ2v) is 7.40. The maximum absolute atomic E-state index is 14.6. The zero-order valence-electron chi connectivity index (χ0n) is 17.8. The quantitative estimate of drug-likeness (QED) is 0.470.